The van der Waals surface area contributed by atoms with Crippen LogP contribution in [0, 0.1) is 34.5 Å². The monoisotopic (exact) mass is 314 g/mol. The molecule has 0 radical (unpaired) electrons. The van der Waals surface area contributed by atoms with Crippen molar-refractivity contribution in [3.05, 3.63) is 0 Å². The minimum absolute atomic E-state index is 0.391. The van der Waals surface area contributed by atoms with Crippen LogP contribution in [0.3, 0.4) is 0 Å². The molecule has 3 fully saturated rings. The number of hydrogen-bond acceptors (Lipinski definition) is 4. The molecule has 0 unspecified atom stereocenters. The van der Waals surface area contributed by atoms with Crippen LogP contribution in [0.1, 0.15) is 57.8 Å². The third-order valence-electron chi connectivity index (χ3n) is 6.76. The van der Waals surface area contributed by atoms with Crippen molar-refractivity contribution in [1.29, 1.82) is 10.5 Å². The van der Waals surface area contributed by atoms with Crippen LogP contribution in [0.2, 0.25) is 0 Å². The normalized spacial score (nSPS) is 40.7. The number of likely N-dealkylation sites (N-methyl/N-ethyl adjacent to an activating group) is 1. The Labute approximate surface area is 141 Å². The second kappa shape index (κ2) is 6.42. The lowest BCUT2D eigenvalue weighted by molar-refractivity contribution is -0.112. The molecule has 3 aliphatic rings. The average Bonchev–Trinajstić information content (AvgIpc) is 2.58. The fourth-order valence-electron chi connectivity index (χ4n) is 5.61. The smallest absolute Gasteiger partial charge is 0.113 e. The first kappa shape index (κ1) is 16.7. The zero-order valence-electron chi connectivity index (χ0n) is 14.7. The lowest BCUT2D eigenvalue weighted by Crippen LogP contribution is -2.71. The van der Waals surface area contributed by atoms with Crippen LogP contribution >= 0.6 is 0 Å². The number of fused-ring (bicyclic) bond motifs is 2. The van der Waals surface area contributed by atoms with Gasteiger partial charge in [0.05, 0.1) is 12.1 Å². The van der Waals surface area contributed by atoms with Crippen molar-refractivity contribution >= 4 is 0 Å². The summed E-state index contributed by atoms with van der Waals surface area (Å²) in [6, 6.07) is 5.48. The molecule has 4 heteroatoms. The quantitative estimate of drug-likeness (QED) is 0.803. The predicted octanol–water partition coefficient (Wildman–Crippen LogP) is 3.16. The fourth-order valence-corrected chi connectivity index (χ4v) is 5.61. The van der Waals surface area contributed by atoms with Crippen LogP contribution in [0.25, 0.3) is 0 Å². The van der Waals surface area contributed by atoms with E-state index in [2.05, 4.69) is 36.0 Å². The standard InChI is InChI=1S/C19H30N4/c1-22(2)11-12-23-18(14-20)9-5-3-7-16(18)13-17-8-4-6-10-19(17,23)15-21/h16-17H,3-13H2,1-2H3/t16-,17+,18-,19-/m1/s1. The Kier molecular flexibility index (Phi) is 4.68. The van der Waals surface area contributed by atoms with E-state index >= 15 is 0 Å². The van der Waals surface area contributed by atoms with Crippen molar-refractivity contribution in [3.8, 4) is 12.1 Å². The summed E-state index contributed by atoms with van der Waals surface area (Å²) in [5.41, 5.74) is -0.782. The van der Waals surface area contributed by atoms with Gasteiger partial charge >= 0.3 is 0 Å². The molecule has 1 saturated heterocycles. The average molecular weight is 314 g/mol. The zero-order valence-corrected chi connectivity index (χ0v) is 14.7. The van der Waals surface area contributed by atoms with E-state index in [1.165, 1.54) is 25.7 Å². The van der Waals surface area contributed by atoms with Gasteiger partial charge in [-0.05, 0) is 58.0 Å². The number of rotatable bonds is 3. The second-order valence-electron chi connectivity index (χ2n) is 8.15. The van der Waals surface area contributed by atoms with Gasteiger partial charge in [-0.1, -0.05) is 25.7 Å². The van der Waals surface area contributed by atoms with E-state index in [1.807, 2.05) is 0 Å². The van der Waals surface area contributed by atoms with Crippen molar-refractivity contribution in [2.24, 2.45) is 11.8 Å². The van der Waals surface area contributed by atoms with Crippen LogP contribution in [0.15, 0.2) is 0 Å². The maximum absolute atomic E-state index is 10.2. The molecule has 4 nitrogen and oxygen atoms in total. The van der Waals surface area contributed by atoms with Gasteiger partial charge < -0.3 is 4.90 Å². The number of nitrogens with zero attached hydrogens (tertiary/aromatic N) is 4. The Morgan fingerprint density at radius 1 is 0.957 bits per heavy atom. The maximum Gasteiger partial charge on any atom is 0.113 e. The van der Waals surface area contributed by atoms with Gasteiger partial charge in [-0.15, -0.1) is 0 Å². The number of piperidine rings is 1. The molecule has 0 aromatic carbocycles. The summed E-state index contributed by atoms with van der Waals surface area (Å²) in [5.74, 6) is 0.931. The van der Waals surface area contributed by atoms with E-state index in [-0.39, 0.29) is 0 Å². The van der Waals surface area contributed by atoms with Crippen molar-refractivity contribution < 1.29 is 0 Å². The molecule has 0 aromatic heterocycles. The van der Waals surface area contributed by atoms with Gasteiger partial charge in [0.25, 0.3) is 0 Å². The van der Waals surface area contributed by atoms with E-state index in [0.29, 0.717) is 11.8 Å². The van der Waals surface area contributed by atoms with E-state index in [0.717, 1.165) is 45.2 Å². The third kappa shape index (κ3) is 2.57. The molecule has 0 N–H and O–H groups in total. The Morgan fingerprint density at radius 2 is 1.48 bits per heavy atom. The number of likely N-dealkylation sites (tertiary alicyclic amines) is 1. The fraction of sp³-hybridized carbons (Fsp3) is 0.895. The highest BCUT2D eigenvalue weighted by molar-refractivity contribution is 5.27. The Balaban J connectivity index is 2.02. The Hall–Kier alpha value is -1.10. The largest absolute Gasteiger partial charge is 0.308 e. The molecular weight excluding hydrogens is 284 g/mol. The predicted molar refractivity (Wildman–Crippen MR) is 90.5 cm³/mol. The number of nitriles is 2. The van der Waals surface area contributed by atoms with Crippen LogP contribution in [-0.2, 0) is 0 Å². The SMILES string of the molecule is CN(C)CCN1[C@@]2(C#N)CCCC[C@@H]2C[C@@H]2CCCC[C@@]21C#N. The van der Waals surface area contributed by atoms with Gasteiger partial charge in [0.1, 0.15) is 11.1 Å². The molecule has 0 bridgehead atoms. The summed E-state index contributed by atoms with van der Waals surface area (Å²) in [6.07, 6.45) is 10.1. The van der Waals surface area contributed by atoms with Crippen molar-refractivity contribution in [2.45, 2.75) is 68.9 Å². The van der Waals surface area contributed by atoms with Gasteiger partial charge in [-0.25, -0.2) is 0 Å². The maximum atomic E-state index is 10.2. The highest BCUT2D eigenvalue weighted by atomic mass is 15.3. The lowest BCUT2D eigenvalue weighted by atomic mass is 9.57. The molecule has 1 aliphatic heterocycles. The molecule has 0 spiro atoms. The molecule has 1 heterocycles. The van der Waals surface area contributed by atoms with E-state index in [4.69, 9.17) is 0 Å². The summed E-state index contributed by atoms with van der Waals surface area (Å²) in [5, 5.41) is 20.4. The molecular formula is C19H30N4. The van der Waals surface area contributed by atoms with E-state index < -0.39 is 11.1 Å². The third-order valence-corrected chi connectivity index (χ3v) is 6.76. The summed E-state index contributed by atoms with van der Waals surface area (Å²) >= 11 is 0. The van der Waals surface area contributed by atoms with Crippen LogP contribution in [-0.4, -0.2) is 48.1 Å². The lowest BCUT2D eigenvalue weighted by Gasteiger charge is -2.61. The molecule has 23 heavy (non-hydrogen) atoms. The minimum atomic E-state index is -0.391. The highest BCUT2D eigenvalue weighted by Gasteiger charge is 2.61. The Morgan fingerprint density at radius 3 is 1.91 bits per heavy atom. The minimum Gasteiger partial charge on any atom is -0.308 e. The van der Waals surface area contributed by atoms with E-state index in [9.17, 15) is 10.5 Å². The van der Waals surface area contributed by atoms with Gasteiger partial charge in [-0.3, -0.25) is 4.90 Å². The molecule has 0 aromatic rings. The molecule has 126 valence electrons. The molecule has 0 amide bonds. The molecule has 4 atom stereocenters. The van der Waals surface area contributed by atoms with Gasteiger partial charge in [0.15, 0.2) is 0 Å². The summed E-state index contributed by atoms with van der Waals surface area (Å²) < 4.78 is 0. The molecule has 2 saturated carbocycles. The molecule has 3 rings (SSSR count). The summed E-state index contributed by atoms with van der Waals surface area (Å²) in [6.45, 7) is 1.77. The van der Waals surface area contributed by atoms with E-state index in [1.54, 1.807) is 0 Å². The van der Waals surface area contributed by atoms with Crippen LogP contribution in [0.4, 0.5) is 0 Å². The first-order chi connectivity index (χ1) is 11.1. The topological polar surface area (TPSA) is 54.1 Å². The van der Waals surface area contributed by atoms with Gasteiger partial charge in [0, 0.05) is 13.1 Å². The highest BCUT2D eigenvalue weighted by Crippen LogP contribution is 2.55. The first-order valence-electron chi connectivity index (χ1n) is 9.34. The zero-order chi connectivity index (χ0) is 16.5. The van der Waals surface area contributed by atoms with Crippen LogP contribution < -0.4 is 0 Å². The second-order valence-corrected chi connectivity index (χ2v) is 8.15. The first-order valence-corrected chi connectivity index (χ1v) is 9.34. The van der Waals surface area contributed by atoms with Crippen molar-refractivity contribution in [2.75, 3.05) is 27.2 Å². The summed E-state index contributed by atoms with van der Waals surface area (Å²) in [7, 11) is 4.16. The van der Waals surface area contributed by atoms with Crippen molar-refractivity contribution in [1.82, 2.24) is 9.80 Å². The Bertz CT molecular complexity index is 476. The van der Waals surface area contributed by atoms with Gasteiger partial charge in [-0.2, -0.15) is 10.5 Å². The van der Waals surface area contributed by atoms with Gasteiger partial charge in [0.2, 0.25) is 0 Å². The van der Waals surface area contributed by atoms with Crippen molar-refractivity contribution in [3.63, 3.8) is 0 Å². The van der Waals surface area contributed by atoms with Crippen LogP contribution in [0.5, 0.6) is 0 Å². The summed E-state index contributed by atoms with van der Waals surface area (Å²) in [4.78, 5) is 4.58. The number of hydrogen-bond donors (Lipinski definition) is 0. The molecule has 2 aliphatic carbocycles.